The van der Waals surface area contributed by atoms with Crippen molar-refractivity contribution in [3.63, 3.8) is 0 Å². The summed E-state index contributed by atoms with van der Waals surface area (Å²) < 4.78 is 5.80. The standard InChI is InChI=1S/C17H27N3O/c1-11(18)14-20-19-13(21-14)7-17-6-12-4-15(2,9-17)8-16(3,5-12)10-17/h11-12H,4-10,18H2,1-3H3. The van der Waals surface area contributed by atoms with Gasteiger partial charge in [-0.3, -0.25) is 0 Å². The zero-order chi connectivity index (χ0) is 14.9. The van der Waals surface area contributed by atoms with Crippen molar-refractivity contribution in [1.29, 1.82) is 0 Å². The summed E-state index contributed by atoms with van der Waals surface area (Å²) in [7, 11) is 0. The summed E-state index contributed by atoms with van der Waals surface area (Å²) in [6.45, 7) is 6.90. The van der Waals surface area contributed by atoms with Gasteiger partial charge in [-0.05, 0) is 67.6 Å². The Bertz CT molecular complexity index is 546. The third-order valence-electron chi connectivity index (χ3n) is 6.14. The quantitative estimate of drug-likeness (QED) is 0.922. The van der Waals surface area contributed by atoms with Crippen LogP contribution in [0.4, 0.5) is 0 Å². The molecular formula is C17H27N3O. The molecule has 4 fully saturated rings. The molecule has 4 aliphatic carbocycles. The first-order valence-electron chi connectivity index (χ1n) is 8.37. The van der Waals surface area contributed by atoms with Gasteiger partial charge in [0.2, 0.25) is 11.8 Å². The predicted octanol–water partition coefficient (Wildman–Crippen LogP) is 3.63. The summed E-state index contributed by atoms with van der Waals surface area (Å²) >= 11 is 0. The molecule has 4 heteroatoms. The maximum atomic E-state index is 5.83. The van der Waals surface area contributed by atoms with Gasteiger partial charge in [-0.15, -0.1) is 10.2 Å². The van der Waals surface area contributed by atoms with E-state index in [2.05, 4.69) is 24.0 Å². The van der Waals surface area contributed by atoms with Crippen LogP contribution in [0.5, 0.6) is 0 Å². The number of nitrogens with zero attached hydrogens (tertiary/aromatic N) is 2. The lowest BCUT2D eigenvalue weighted by molar-refractivity contribution is -0.145. The molecule has 3 atom stereocenters. The molecule has 0 aliphatic heterocycles. The summed E-state index contributed by atoms with van der Waals surface area (Å²) in [4.78, 5) is 0. The summed E-state index contributed by atoms with van der Waals surface area (Å²) in [5, 5.41) is 8.37. The molecule has 0 saturated heterocycles. The van der Waals surface area contributed by atoms with Crippen molar-refractivity contribution in [2.45, 2.75) is 71.8 Å². The fourth-order valence-corrected chi connectivity index (χ4v) is 6.72. The Labute approximate surface area is 126 Å². The molecule has 3 unspecified atom stereocenters. The van der Waals surface area contributed by atoms with Crippen molar-refractivity contribution < 1.29 is 4.42 Å². The zero-order valence-corrected chi connectivity index (χ0v) is 13.5. The van der Waals surface area contributed by atoms with Gasteiger partial charge in [-0.1, -0.05) is 13.8 Å². The van der Waals surface area contributed by atoms with Crippen molar-refractivity contribution in [3.8, 4) is 0 Å². The first-order valence-corrected chi connectivity index (χ1v) is 8.37. The molecule has 116 valence electrons. The molecule has 4 bridgehead atoms. The Morgan fingerprint density at radius 3 is 2.33 bits per heavy atom. The number of hydrogen-bond acceptors (Lipinski definition) is 4. The van der Waals surface area contributed by atoms with Crippen LogP contribution in [0.15, 0.2) is 4.42 Å². The first-order chi connectivity index (χ1) is 9.79. The highest BCUT2D eigenvalue weighted by Gasteiger charge is 2.60. The molecule has 0 aromatic carbocycles. The second-order valence-corrected chi connectivity index (χ2v) is 9.13. The highest BCUT2D eigenvalue weighted by atomic mass is 16.4. The monoisotopic (exact) mass is 289 g/mol. The van der Waals surface area contributed by atoms with Crippen LogP contribution in [0.2, 0.25) is 0 Å². The van der Waals surface area contributed by atoms with Gasteiger partial charge in [0.25, 0.3) is 0 Å². The minimum atomic E-state index is -0.169. The average Bonchev–Trinajstić information content (AvgIpc) is 2.71. The van der Waals surface area contributed by atoms with E-state index >= 15 is 0 Å². The zero-order valence-electron chi connectivity index (χ0n) is 13.5. The molecular weight excluding hydrogens is 262 g/mol. The van der Waals surface area contributed by atoms with Gasteiger partial charge in [-0.2, -0.15) is 0 Å². The van der Waals surface area contributed by atoms with Crippen LogP contribution in [-0.4, -0.2) is 10.2 Å². The van der Waals surface area contributed by atoms with Crippen molar-refractivity contribution in [3.05, 3.63) is 11.8 Å². The van der Waals surface area contributed by atoms with Gasteiger partial charge in [0.15, 0.2) is 0 Å². The maximum Gasteiger partial charge on any atom is 0.232 e. The lowest BCUT2D eigenvalue weighted by atomic mass is 9.40. The lowest BCUT2D eigenvalue weighted by Gasteiger charge is -2.65. The normalized spacial score (nSPS) is 46.0. The summed E-state index contributed by atoms with van der Waals surface area (Å²) in [6.07, 6.45) is 9.25. The van der Waals surface area contributed by atoms with Crippen LogP contribution in [0.25, 0.3) is 0 Å². The van der Waals surface area contributed by atoms with E-state index in [4.69, 9.17) is 10.2 Å². The highest BCUT2D eigenvalue weighted by Crippen LogP contribution is 2.70. The van der Waals surface area contributed by atoms with Gasteiger partial charge in [0.1, 0.15) is 0 Å². The third-order valence-corrected chi connectivity index (χ3v) is 6.14. The fraction of sp³-hybridized carbons (Fsp3) is 0.882. The van der Waals surface area contributed by atoms with Crippen LogP contribution in [0.3, 0.4) is 0 Å². The van der Waals surface area contributed by atoms with Gasteiger partial charge in [0, 0.05) is 6.42 Å². The molecule has 1 heterocycles. The van der Waals surface area contributed by atoms with E-state index in [1.807, 2.05) is 6.92 Å². The van der Waals surface area contributed by atoms with Crippen LogP contribution >= 0.6 is 0 Å². The molecule has 1 aromatic rings. The number of hydrogen-bond donors (Lipinski definition) is 1. The van der Waals surface area contributed by atoms with E-state index in [1.54, 1.807) is 0 Å². The lowest BCUT2D eigenvalue weighted by Crippen LogP contribution is -2.55. The smallest absolute Gasteiger partial charge is 0.232 e. The maximum absolute atomic E-state index is 5.83. The van der Waals surface area contributed by atoms with E-state index in [0.29, 0.717) is 22.1 Å². The molecule has 4 saturated carbocycles. The minimum absolute atomic E-state index is 0.169. The fourth-order valence-electron chi connectivity index (χ4n) is 6.72. The molecule has 5 rings (SSSR count). The topological polar surface area (TPSA) is 64.9 Å². The van der Waals surface area contributed by atoms with Crippen molar-refractivity contribution in [2.75, 3.05) is 0 Å². The largest absolute Gasteiger partial charge is 0.424 e. The van der Waals surface area contributed by atoms with E-state index in [9.17, 15) is 0 Å². The Balaban J connectivity index is 1.62. The molecule has 1 aromatic heterocycles. The van der Waals surface area contributed by atoms with Gasteiger partial charge in [-0.25, -0.2) is 0 Å². The van der Waals surface area contributed by atoms with Crippen LogP contribution in [-0.2, 0) is 6.42 Å². The van der Waals surface area contributed by atoms with E-state index in [1.165, 1.54) is 38.5 Å². The predicted molar refractivity (Wildman–Crippen MR) is 80.4 cm³/mol. The molecule has 0 amide bonds. The number of aromatic nitrogens is 2. The average molecular weight is 289 g/mol. The second-order valence-electron chi connectivity index (χ2n) is 9.13. The Morgan fingerprint density at radius 1 is 1.14 bits per heavy atom. The first kappa shape index (κ1) is 13.7. The van der Waals surface area contributed by atoms with Crippen LogP contribution in [0, 0.1) is 22.2 Å². The number of nitrogens with two attached hydrogens (primary N) is 1. The summed E-state index contributed by atoms with van der Waals surface area (Å²) in [5.41, 5.74) is 7.31. The number of rotatable bonds is 3. The third kappa shape index (κ3) is 2.23. The summed E-state index contributed by atoms with van der Waals surface area (Å²) in [5.74, 6) is 2.29. The molecule has 0 spiro atoms. The van der Waals surface area contributed by atoms with E-state index < -0.39 is 0 Å². The van der Waals surface area contributed by atoms with Crippen LogP contribution in [0.1, 0.15) is 77.1 Å². The Morgan fingerprint density at radius 2 is 1.81 bits per heavy atom. The van der Waals surface area contributed by atoms with Crippen molar-refractivity contribution >= 4 is 0 Å². The van der Waals surface area contributed by atoms with Gasteiger partial charge < -0.3 is 10.2 Å². The van der Waals surface area contributed by atoms with E-state index in [-0.39, 0.29) is 6.04 Å². The molecule has 4 aliphatic rings. The molecule has 4 nitrogen and oxygen atoms in total. The molecule has 0 radical (unpaired) electrons. The summed E-state index contributed by atoms with van der Waals surface area (Å²) in [6, 6.07) is -0.169. The minimum Gasteiger partial charge on any atom is -0.424 e. The SMILES string of the molecule is CC(N)c1nnc(CC23CC4CC(C)(CC(C)(C4)C2)C3)o1. The van der Waals surface area contributed by atoms with Gasteiger partial charge in [0.05, 0.1) is 6.04 Å². The molecule has 2 N–H and O–H groups in total. The Kier molecular flexibility index (Phi) is 2.68. The second kappa shape index (κ2) is 4.09. The van der Waals surface area contributed by atoms with E-state index in [0.717, 1.165) is 18.2 Å². The van der Waals surface area contributed by atoms with Crippen LogP contribution < -0.4 is 5.73 Å². The Hall–Kier alpha value is -0.900. The van der Waals surface area contributed by atoms with Crippen molar-refractivity contribution in [1.82, 2.24) is 10.2 Å². The molecule has 21 heavy (non-hydrogen) atoms. The van der Waals surface area contributed by atoms with Gasteiger partial charge >= 0.3 is 0 Å². The van der Waals surface area contributed by atoms with Crippen molar-refractivity contribution in [2.24, 2.45) is 27.9 Å². The highest BCUT2D eigenvalue weighted by molar-refractivity contribution is 5.12.